The first kappa shape index (κ1) is 20.1. The summed E-state index contributed by atoms with van der Waals surface area (Å²) in [6.45, 7) is 5.85. The van der Waals surface area contributed by atoms with Crippen LogP contribution in [-0.2, 0) is 0 Å². The number of nitrogens with one attached hydrogen (secondary N) is 1. The Hall–Kier alpha value is -1.65. The third kappa shape index (κ3) is 3.97. The fourth-order valence-electron chi connectivity index (χ4n) is 4.00. The van der Waals surface area contributed by atoms with Crippen LogP contribution in [0.4, 0.5) is 19.0 Å². The van der Waals surface area contributed by atoms with Gasteiger partial charge in [-0.1, -0.05) is 13.8 Å². The van der Waals surface area contributed by atoms with Crippen molar-refractivity contribution in [3.63, 3.8) is 0 Å². The van der Waals surface area contributed by atoms with E-state index in [1.54, 1.807) is 29.8 Å². The average molecular weight is 441 g/mol. The van der Waals surface area contributed by atoms with Crippen LogP contribution in [0.2, 0.25) is 12.6 Å². The van der Waals surface area contributed by atoms with Crippen LogP contribution < -0.4 is 9.91 Å². The molecule has 2 unspecified atom stereocenters. The van der Waals surface area contributed by atoms with Crippen molar-refractivity contribution in [2.24, 2.45) is 5.92 Å². The van der Waals surface area contributed by atoms with Crippen LogP contribution in [0.15, 0.2) is 18.5 Å². The van der Waals surface area contributed by atoms with E-state index in [-0.39, 0.29) is 12.3 Å². The number of fused-ring (bicyclic) bond motifs is 2. The SMILES string of the molecule is CC.Cc1cc2c(NC34CCB(C#N)CC3C4)nccn2c1[Se]C(F)(F)F. The van der Waals surface area contributed by atoms with Gasteiger partial charge in [-0.05, 0) is 0 Å². The van der Waals surface area contributed by atoms with Gasteiger partial charge in [-0.2, -0.15) is 0 Å². The van der Waals surface area contributed by atoms with Crippen LogP contribution in [0.5, 0.6) is 0 Å². The summed E-state index contributed by atoms with van der Waals surface area (Å²) in [4.78, 5) is 4.39. The predicted molar refractivity (Wildman–Crippen MR) is 103 cm³/mol. The van der Waals surface area contributed by atoms with Crippen LogP contribution in [0.25, 0.3) is 5.52 Å². The Bertz CT molecular complexity index is 876. The molecule has 0 radical (unpaired) electrons. The minimum atomic E-state index is -4.18. The molecule has 0 amide bonds. The molecule has 3 heterocycles. The van der Waals surface area contributed by atoms with Crippen LogP contribution in [0.3, 0.4) is 0 Å². The monoisotopic (exact) mass is 442 g/mol. The van der Waals surface area contributed by atoms with Crippen LogP contribution >= 0.6 is 0 Å². The molecule has 1 N–H and O–H groups in total. The number of anilines is 1. The predicted octanol–water partition coefficient (Wildman–Crippen LogP) is 3.65. The number of aromatic nitrogens is 2. The van der Waals surface area contributed by atoms with E-state index in [9.17, 15) is 13.2 Å². The molecule has 2 aromatic heterocycles. The number of rotatable bonds is 3. The number of nitriles is 1. The summed E-state index contributed by atoms with van der Waals surface area (Å²) in [7, 11) is 0. The van der Waals surface area contributed by atoms with E-state index in [1.165, 1.54) is 0 Å². The average Bonchev–Trinajstić information content (AvgIpc) is 3.26. The van der Waals surface area contributed by atoms with Gasteiger partial charge < -0.3 is 0 Å². The molecule has 0 aromatic carbocycles. The molecule has 144 valence electrons. The van der Waals surface area contributed by atoms with Crippen molar-refractivity contribution in [3.05, 3.63) is 24.0 Å². The van der Waals surface area contributed by atoms with E-state index in [4.69, 9.17) is 5.26 Å². The number of nitrogens with zero attached hydrogens (tertiary/aromatic N) is 3. The third-order valence-electron chi connectivity index (χ3n) is 5.33. The first-order valence-corrected chi connectivity index (χ1v) is 10.9. The van der Waals surface area contributed by atoms with Crippen LogP contribution in [0, 0.1) is 24.1 Å². The molecule has 1 aliphatic carbocycles. The minimum absolute atomic E-state index is 0.0320. The fourth-order valence-corrected chi connectivity index (χ4v) is 5.46. The van der Waals surface area contributed by atoms with Crippen molar-refractivity contribution in [1.82, 2.24) is 9.38 Å². The summed E-state index contributed by atoms with van der Waals surface area (Å²) in [6.07, 6.45) is 6.84. The first-order valence-electron chi connectivity index (χ1n) is 9.21. The van der Waals surface area contributed by atoms with Gasteiger partial charge in [0.25, 0.3) is 0 Å². The van der Waals surface area contributed by atoms with E-state index < -0.39 is 20.0 Å². The van der Waals surface area contributed by atoms with Gasteiger partial charge in [-0.15, -0.1) is 0 Å². The number of alkyl halides is 3. The molecule has 1 aliphatic heterocycles. The summed E-state index contributed by atoms with van der Waals surface area (Å²) in [5.74, 6) is 3.46. The molecule has 1 saturated heterocycles. The molecular formula is C18H22BF3N4Se. The van der Waals surface area contributed by atoms with Gasteiger partial charge in [0.1, 0.15) is 0 Å². The summed E-state index contributed by atoms with van der Waals surface area (Å²) in [6, 6.07) is 1.78. The van der Waals surface area contributed by atoms with Gasteiger partial charge in [0.15, 0.2) is 0 Å². The van der Waals surface area contributed by atoms with Crippen molar-refractivity contribution in [2.45, 2.75) is 56.9 Å². The Kier molecular flexibility index (Phi) is 5.51. The molecule has 2 atom stereocenters. The Balaban J connectivity index is 0.00000102. The van der Waals surface area contributed by atoms with Gasteiger partial charge in [0.05, 0.1) is 0 Å². The Morgan fingerprint density at radius 1 is 1.44 bits per heavy atom. The fraction of sp³-hybridized carbons (Fsp3) is 0.556. The van der Waals surface area contributed by atoms with Crippen molar-refractivity contribution in [1.29, 1.82) is 5.26 Å². The second-order valence-electron chi connectivity index (χ2n) is 6.99. The molecule has 2 fully saturated rings. The molecule has 1 saturated carbocycles. The number of hydrogen-bond acceptors (Lipinski definition) is 3. The molecule has 2 aliphatic rings. The molecular weight excluding hydrogens is 419 g/mol. The Morgan fingerprint density at radius 2 is 2.19 bits per heavy atom. The van der Waals surface area contributed by atoms with E-state index in [0.29, 0.717) is 27.4 Å². The molecule has 2 aromatic rings. The Labute approximate surface area is 163 Å². The van der Waals surface area contributed by atoms with E-state index >= 15 is 0 Å². The van der Waals surface area contributed by atoms with Gasteiger partial charge in [-0.3, -0.25) is 0 Å². The summed E-state index contributed by atoms with van der Waals surface area (Å²) in [5, 5.41) is 8.42. The molecule has 27 heavy (non-hydrogen) atoms. The maximum atomic E-state index is 12.9. The van der Waals surface area contributed by atoms with Gasteiger partial charge >= 0.3 is 150 Å². The number of hydrogen-bond donors (Lipinski definition) is 1. The summed E-state index contributed by atoms with van der Waals surface area (Å²) >= 11 is -1.59. The third-order valence-corrected chi connectivity index (χ3v) is 7.31. The second-order valence-corrected chi connectivity index (χ2v) is 9.20. The zero-order valence-corrected chi connectivity index (χ0v) is 17.3. The van der Waals surface area contributed by atoms with Crippen LogP contribution in [0.1, 0.15) is 32.3 Å². The maximum absolute atomic E-state index is 12.9. The summed E-state index contributed by atoms with van der Waals surface area (Å²) in [5.41, 5.74) is 1.31. The molecule has 9 heteroatoms. The van der Waals surface area contributed by atoms with Crippen LogP contribution in [-0.4, -0.2) is 41.7 Å². The zero-order chi connectivity index (χ0) is 19.8. The van der Waals surface area contributed by atoms with Crippen molar-refractivity contribution < 1.29 is 13.2 Å². The molecule has 4 rings (SSSR count). The topological polar surface area (TPSA) is 53.1 Å². The first-order chi connectivity index (χ1) is 12.8. The van der Waals surface area contributed by atoms with Crippen molar-refractivity contribution >= 4 is 37.6 Å². The molecule has 0 spiro atoms. The summed E-state index contributed by atoms with van der Waals surface area (Å²) < 4.78 is 40.6. The Morgan fingerprint density at radius 3 is 2.81 bits per heavy atom. The van der Waals surface area contributed by atoms with Crippen molar-refractivity contribution in [2.75, 3.05) is 5.32 Å². The molecule has 4 nitrogen and oxygen atoms in total. The van der Waals surface area contributed by atoms with E-state index in [1.807, 2.05) is 13.8 Å². The van der Waals surface area contributed by atoms with Crippen molar-refractivity contribution in [3.8, 4) is 5.97 Å². The van der Waals surface area contributed by atoms with E-state index in [0.717, 1.165) is 25.5 Å². The number of halogens is 3. The van der Waals surface area contributed by atoms with E-state index in [2.05, 4.69) is 16.3 Å². The zero-order valence-electron chi connectivity index (χ0n) is 15.6. The molecule has 0 bridgehead atoms. The second kappa shape index (κ2) is 7.40. The standard InChI is InChI=1S/C16H16BF3N4Se.C2H6/c1-10-6-12-13(22-4-5-24(12)14(10)25-16(18,19)20)23-15-2-3-17(9-21)8-11(15)7-15;1-2/h4-6,11H,2-3,7-8H2,1H3,(H,22,23);1-2H3. The number of aryl methyl sites for hydroxylation is 1. The van der Waals surface area contributed by atoms with Gasteiger partial charge in [0.2, 0.25) is 0 Å². The van der Waals surface area contributed by atoms with Gasteiger partial charge in [0, 0.05) is 0 Å². The quantitative estimate of drug-likeness (QED) is 0.741. The normalized spacial score (nSPS) is 23.9. The van der Waals surface area contributed by atoms with Gasteiger partial charge in [-0.25, -0.2) is 0 Å².